The van der Waals surface area contributed by atoms with Gasteiger partial charge in [-0.3, -0.25) is 48.5 Å². The number of hydrogen-bond donors (Lipinski definition) is 17. The van der Waals surface area contributed by atoms with Crippen LogP contribution in [0.5, 0.6) is 0 Å². The molecule has 412 valence electrons. The lowest BCUT2D eigenvalue weighted by Crippen LogP contribution is -2.60. The Morgan fingerprint density at radius 3 is 1.59 bits per heavy atom. The number of aliphatic imine (C=N–C) groups is 3. The minimum absolute atomic E-state index is 0.0404. The Labute approximate surface area is 429 Å². The number of aromatic nitrogens is 1. The highest BCUT2D eigenvalue weighted by molar-refractivity contribution is 5.97. The molecule has 0 bridgehead atoms. The molecule has 0 aliphatic rings. The molecule has 0 aliphatic heterocycles. The van der Waals surface area contributed by atoms with Gasteiger partial charge in [0.2, 0.25) is 41.4 Å². The summed E-state index contributed by atoms with van der Waals surface area (Å²) in [6.07, 6.45) is 0.904. The number of benzene rings is 1. The van der Waals surface area contributed by atoms with Crippen LogP contribution in [0.2, 0.25) is 0 Å². The molecule has 24 N–H and O–H groups in total. The highest BCUT2D eigenvalue weighted by atomic mass is 16.4. The molecule has 1 aromatic carbocycles. The molecule has 0 spiro atoms. The van der Waals surface area contributed by atoms with Gasteiger partial charge in [0.05, 0.1) is 18.7 Å². The minimum atomic E-state index is -1.65. The largest absolute Gasteiger partial charge is 0.480 e. The van der Waals surface area contributed by atoms with Crippen molar-refractivity contribution in [3.63, 3.8) is 0 Å². The number of amides is 7. The monoisotopic (exact) mass is 1040 g/mol. The number of rotatable bonds is 33. The first-order chi connectivity index (χ1) is 34.8. The van der Waals surface area contributed by atoms with E-state index < -0.39 is 108 Å². The number of fused-ring (bicyclic) bond motifs is 1. The molecular weight excluding hydrogens is 965 g/mol. The van der Waals surface area contributed by atoms with Crippen LogP contribution in [0.25, 0.3) is 10.9 Å². The number of aliphatic carboxylic acids is 1. The summed E-state index contributed by atoms with van der Waals surface area (Å²) < 4.78 is 0. The van der Waals surface area contributed by atoms with Gasteiger partial charge in [-0.25, -0.2) is 4.79 Å². The van der Waals surface area contributed by atoms with Crippen molar-refractivity contribution in [3.05, 3.63) is 36.0 Å². The summed E-state index contributed by atoms with van der Waals surface area (Å²) in [6.45, 7) is 7.60. The van der Waals surface area contributed by atoms with Gasteiger partial charge in [0, 0.05) is 43.2 Å². The fourth-order valence-electron chi connectivity index (χ4n) is 7.40. The molecule has 28 heteroatoms. The number of carbonyl (C=O) groups is 8. The molecule has 0 saturated carbocycles. The first kappa shape index (κ1) is 62.4. The fraction of sp³-hybridized carbons (Fsp3) is 0.587. The van der Waals surface area contributed by atoms with Gasteiger partial charge in [-0.1, -0.05) is 45.9 Å². The van der Waals surface area contributed by atoms with E-state index in [0.717, 1.165) is 0 Å². The lowest BCUT2D eigenvalue weighted by Gasteiger charge is -2.27. The van der Waals surface area contributed by atoms with Crippen LogP contribution < -0.4 is 77.4 Å². The summed E-state index contributed by atoms with van der Waals surface area (Å²) in [6, 6.07) is -2.12. The fourth-order valence-corrected chi connectivity index (χ4v) is 7.40. The van der Waals surface area contributed by atoms with Crippen LogP contribution in [0.4, 0.5) is 0 Å². The first-order valence-electron chi connectivity index (χ1n) is 24.3. The molecule has 2 rings (SSSR count). The summed E-state index contributed by atoms with van der Waals surface area (Å²) in [5.74, 6) is -8.37. The van der Waals surface area contributed by atoms with Crippen molar-refractivity contribution in [2.45, 2.75) is 134 Å². The zero-order valence-corrected chi connectivity index (χ0v) is 42.7. The smallest absolute Gasteiger partial charge is 0.326 e. The number of guanidine groups is 3. The quantitative estimate of drug-likeness (QED) is 0.0182. The van der Waals surface area contributed by atoms with Crippen molar-refractivity contribution in [3.8, 4) is 0 Å². The number of aliphatic hydroxyl groups is 1. The maximum Gasteiger partial charge on any atom is 0.326 e. The number of H-pyrrole nitrogens is 1. The second-order valence-corrected chi connectivity index (χ2v) is 18.5. The van der Waals surface area contributed by atoms with E-state index in [9.17, 15) is 48.6 Å². The summed E-state index contributed by atoms with van der Waals surface area (Å²) in [7, 11) is 0. The normalized spacial score (nSPS) is 14.3. The third kappa shape index (κ3) is 22.8. The number of nitrogens with two attached hydrogens (primary N) is 7. The Morgan fingerprint density at radius 1 is 0.595 bits per heavy atom. The van der Waals surface area contributed by atoms with Crippen LogP contribution in [-0.4, -0.2) is 155 Å². The first-order valence-corrected chi connectivity index (χ1v) is 24.3. The minimum Gasteiger partial charge on any atom is -0.480 e. The maximum atomic E-state index is 14.1. The van der Waals surface area contributed by atoms with Gasteiger partial charge < -0.3 is 92.6 Å². The second kappa shape index (κ2) is 31.7. The van der Waals surface area contributed by atoms with Crippen molar-refractivity contribution >= 4 is 76.1 Å². The molecule has 0 radical (unpaired) electrons. The molecule has 0 fully saturated rings. The SMILES string of the molecule is CC(C)C[C@H](NC(=O)[C@@H](N)CCCN=C(N)N)C(=O)N[C@@H](CCCN=C(N)N)C(=O)N[C@@H](CCCN=C(N)N)C(=O)NCC(=O)N[C@@H](Cc1c[nH]c2ccccc12)C(=O)N[C@H](C(=O)N[C@H](C(=O)O)C(C)C)[C@@H](C)O. The molecule has 0 saturated heterocycles. The molecule has 0 aliphatic carbocycles. The molecule has 0 unspecified atom stereocenters. The molecule has 8 atom stereocenters. The number of hydrogen-bond acceptors (Lipinski definition) is 13. The number of aliphatic hydroxyl groups excluding tert-OH is 1. The van der Waals surface area contributed by atoms with Crippen molar-refractivity contribution in [2.75, 3.05) is 26.2 Å². The van der Waals surface area contributed by atoms with E-state index in [4.69, 9.17) is 40.1 Å². The number of carbonyl (C=O) groups excluding carboxylic acids is 7. The van der Waals surface area contributed by atoms with Crippen LogP contribution >= 0.6 is 0 Å². The Bertz CT molecular complexity index is 2290. The predicted molar refractivity (Wildman–Crippen MR) is 278 cm³/mol. The van der Waals surface area contributed by atoms with Crippen molar-refractivity contribution in [2.24, 2.45) is 66.9 Å². The van der Waals surface area contributed by atoms with Gasteiger partial charge in [-0.2, -0.15) is 0 Å². The lowest BCUT2D eigenvalue weighted by molar-refractivity contribution is -0.144. The molecular formula is C46H78N18O10. The zero-order chi connectivity index (χ0) is 55.7. The Kier molecular flexibility index (Phi) is 26.7. The van der Waals surface area contributed by atoms with E-state index in [1.807, 2.05) is 13.8 Å². The van der Waals surface area contributed by atoms with E-state index >= 15 is 0 Å². The maximum absolute atomic E-state index is 14.1. The highest BCUT2D eigenvalue weighted by Crippen LogP contribution is 2.20. The molecule has 1 heterocycles. The number of para-hydroxylation sites is 1. The van der Waals surface area contributed by atoms with Gasteiger partial charge in [0.15, 0.2) is 17.9 Å². The Hall–Kier alpha value is -7.75. The van der Waals surface area contributed by atoms with Crippen molar-refractivity contribution in [1.82, 2.24) is 42.2 Å². The van der Waals surface area contributed by atoms with Gasteiger partial charge in [0.25, 0.3) is 0 Å². The lowest BCUT2D eigenvalue weighted by atomic mass is 10.0. The topological polar surface area (TPSA) is 496 Å². The molecule has 28 nitrogen and oxygen atoms in total. The van der Waals surface area contributed by atoms with E-state index in [1.54, 1.807) is 44.3 Å². The van der Waals surface area contributed by atoms with Crippen LogP contribution in [0.1, 0.15) is 85.1 Å². The zero-order valence-electron chi connectivity index (χ0n) is 42.7. The van der Waals surface area contributed by atoms with Gasteiger partial charge >= 0.3 is 5.97 Å². The van der Waals surface area contributed by atoms with Crippen LogP contribution in [0, 0.1) is 11.8 Å². The van der Waals surface area contributed by atoms with Crippen molar-refractivity contribution in [1.29, 1.82) is 0 Å². The summed E-state index contributed by atoms with van der Waals surface area (Å²) in [4.78, 5) is 123. The van der Waals surface area contributed by atoms with Crippen LogP contribution in [0.15, 0.2) is 45.4 Å². The second-order valence-electron chi connectivity index (χ2n) is 18.5. The summed E-state index contributed by atoms with van der Waals surface area (Å²) in [5, 5.41) is 38.7. The molecule has 1 aromatic heterocycles. The Balaban J connectivity index is 2.40. The van der Waals surface area contributed by atoms with Crippen LogP contribution in [-0.2, 0) is 44.8 Å². The number of aromatic amines is 1. The summed E-state index contributed by atoms with van der Waals surface area (Å²) in [5.41, 5.74) is 40.1. The standard InChI is InChI=1S/C46H78N18O10/c1-23(2)19-32(62-37(67)28(47)12-8-16-54-44(48)49)40(70)61-31(15-10-18-56-46(52)53)39(69)60-30(14-9-17-55-45(50)51)38(68)58-22-34(66)59-33(20-26-21-57-29-13-7-6-11-27(26)29)41(71)64-36(25(5)65)42(72)63-35(24(3)4)43(73)74/h6-7,11,13,21,23-25,28,30-33,35-36,57,65H,8-10,12,14-20,22,47H2,1-5H3,(H,58,68)(H,59,66)(H,60,69)(H,61,70)(H,62,67)(H,63,72)(H,64,71)(H,73,74)(H4,48,49,54)(H4,50,51,55)(H4,52,53,56)/t25-,28+,30+,31+,32+,33+,35+,36+/m1/s1. The van der Waals surface area contributed by atoms with Gasteiger partial charge in [-0.05, 0) is 75.3 Å². The van der Waals surface area contributed by atoms with E-state index in [0.29, 0.717) is 22.9 Å². The average molecular weight is 1040 g/mol. The number of carboxylic acids is 1. The molecule has 7 amide bonds. The Morgan fingerprint density at radius 2 is 1.08 bits per heavy atom. The summed E-state index contributed by atoms with van der Waals surface area (Å²) >= 11 is 0. The van der Waals surface area contributed by atoms with Crippen molar-refractivity contribution < 1.29 is 48.6 Å². The molecule has 74 heavy (non-hydrogen) atoms. The van der Waals surface area contributed by atoms with E-state index in [1.165, 1.54) is 6.92 Å². The average Bonchev–Trinajstić information content (AvgIpc) is 3.73. The number of nitrogens with one attached hydrogen (secondary N) is 8. The van der Waals surface area contributed by atoms with E-state index in [2.05, 4.69) is 57.2 Å². The third-order valence-corrected chi connectivity index (χ3v) is 11.3. The highest BCUT2D eigenvalue weighted by Gasteiger charge is 2.35. The van der Waals surface area contributed by atoms with Crippen LogP contribution in [0.3, 0.4) is 0 Å². The number of nitrogens with zero attached hydrogens (tertiary/aromatic N) is 3. The third-order valence-electron chi connectivity index (χ3n) is 11.3. The van der Waals surface area contributed by atoms with E-state index in [-0.39, 0.29) is 88.4 Å². The van der Waals surface area contributed by atoms with Gasteiger partial charge in [-0.15, -0.1) is 0 Å². The molecule has 2 aromatic rings. The predicted octanol–water partition coefficient (Wildman–Crippen LogP) is -4.61. The van der Waals surface area contributed by atoms with Gasteiger partial charge in [0.1, 0.15) is 36.3 Å². The number of carboxylic acid groups (broad SMARTS) is 1.